The van der Waals surface area contributed by atoms with Gasteiger partial charge in [0.15, 0.2) is 0 Å². The lowest BCUT2D eigenvalue weighted by Gasteiger charge is -2.19. The molecule has 1 aliphatic carbocycles. The Balaban J connectivity index is 2.13. The van der Waals surface area contributed by atoms with Crippen LogP contribution in [0.5, 0.6) is 0 Å². The van der Waals surface area contributed by atoms with E-state index in [1.807, 2.05) is 6.07 Å². The molecule has 1 atom stereocenters. The Hall–Kier alpha value is -0.910. The normalized spacial score (nSPS) is 17.9. The molecule has 0 spiro atoms. The number of nitrogens with zero attached hydrogens (tertiary/aromatic N) is 1. The van der Waals surface area contributed by atoms with Crippen molar-refractivity contribution in [1.29, 1.82) is 0 Å². The van der Waals surface area contributed by atoms with Gasteiger partial charge in [-0.2, -0.15) is 0 Å². The van der Waals surface area contributed by atoms with E-state index in [0.29, 0.717) is 0 Å². The smallest absolute Gasteiger partial charge is 0.264 e. The van der Waals surface area contributed by atoms with Crippen molar-refractivity contribution >= 4 is 17.2 Å². The second kappa shape index (κ2) is 7.20. The highest BCUT2D eigenvalue weighted by Crippen LogP contribution is 2.33. The molecule has 0 saturated heterocycles. The van der Waals surface area contributed by atoms with Gasteiger partial charge in [-0.1, -0.05) is 13.3 Å². The number of aryl methyl sites for hydroxylation is 1. The summed E-state index contributed by atoms with van der Waals surface area (Å²) in [4.78, 5) is 16.0. The lowest BCUT2D eigenvalue weighted by atomic mass is 9.87. The van der Waals surface area contributed by atoms with Crippen LogP contribution in [0.3, 0.4) is 0 Å². The molecule has 0 bridgehead atoms. The Morgan fingerprint density at radius 2 is 2.10 bits per heavy atom. The summed E-state index contributed by atoms with van der Waals surface area (Å²) in [5.74, 6) is 0.673. The van der Waals surface area contributed by atoms with E-state index in [1.54, 1.807) is 11.3 Å². The molecule has 1 heterocycles. The van der Waals surface area contributed by atoms with E-state index in [-0.39, 0.29) is 32.2 Å². The van der Waals surface area contributed by atoms with E-state index < -0.39 is 0 Å². The minimum Gasteiger partial charge on any atom is -0.395 e. The maximum Gasteiger partial charge on any atom is 0.264 e. The van der Waals surface area contributed by atoms with Crippen LogP contribution in [0.25, 0.3) is 0 Å². The van der Waals surface area contributed by atoms with Gasteiger partial charge in [-0.25, -0.2) is 0 Å². The third kappa shape index (κ3) is 3.40. The predicted octanol–water partition coefficient (Wildman–Crippen LogP) is 1.69. The van der Waals surface area contributed by atoms with Crippen molar-refractivity contribution in [3.63, 3.8) is 0 Å². The van der Waals surface area contributed by atoms with Crippen LogP contribution in [0.15, 0.2) is 6.07 Å². The summed E-state index contributed by atoms with van der Waals surface area (Å²) in [5.41, 5.74) is 1.32. The lowest BCUT2D eigenvalue weighted by molar-refractivity contribution is 0.0689. The maximum atomic E-state index is 12.4. The number of hydrogen-bond donors (Lipinski definition) is 2. The van der Waals surface area contributed by atoms with Gasteiger partial charge in [-0.15, -0.1) is 11.3 Å². The fourth-order valence-electron chi connectivity index (χ4n) is 2.77. The number of aliphatic hydroxyl groups excluding tert-OH is 2. The number of amides is 1. The van der Waals surface area contributed by atoms with Crippen LogP contribution in [0.1, 0.15) is 39.9 Å². The van der Waals surface area contributed by atoms with Gasteiger partial charge < -0.3 is 15.1 Å². The molecule has 1 aromatic rings. The van der Waals surface area contributed by atoms with Crippen LogP contribution < -0.4 is 0 Å². The maximum absolute atomic E-state index is 12.4. The van der Waals surface area contributed by atoms with Crippen LogP contribution in [0.4, 0.5) is 0 Å². The molecule has 1 aromatic heterocycles. The fourth-order valence-corrected chi connectivity index (χ4v) is 3.94. The van der Waals surface area contributed by atoms with E-state index >= 15 is 0 Å². The van der Waals surface area contributed by atoms with Crippen LogP contribution in [0.2, 0.25) is 0 Å². The van der Waals surface area contributed by atoms with Crippen molar-refractivity contribution in [2.24, 2.45) is 5.92 Å². The first-order valence-corrected chi connectivity index (χ1v) is 8.13. The first kappa shape index (κ1) is 15.5. The average molecular weight is 297 g/mol. The average Bonchev–Trinajstić information content (AvgIpc) is 2.89. The number of thiophene rings is 1. The topological polar surface area (TPSA) is 60.8 Å². The van der Waals surface area contributed by atoms with Gasteiger partial charge >= 0.3 is 0 Å². The summed E-state index contributed by atoms with van der Waals surface area (Å²) in [6.45, 7) is 2.63. The highest BCUT2D eigenvalue weighted by atomic mass is 32.1. The molecular formula is C15H23NO3S. The van der Waals surface area contributed by atoms with Crippen molar-refractivity contribution in [1.82, 2.24) is 4.90 Å². The highest BCUT2D eigenvalue weighted by molar-refractivity contribution is 7.14. The molecule has 0 aromatic carbocycles. The Labute approximate surface area is 124 Å². The highest BCUT2D eigenvalue weighted by Gasteiger charge is 2.24. The summed E-state index contributed by atoms with van der Waals surface area (Å²) in [6.07, 6.45) is 4.57. The quantitative estimate of drug-likeness (QED) is 0.840. The zero-order chi connectivity index (χ0) is 14.5. The molecule has 0 aliphatic heterocycles. The fraction of sp³-hybridized carbons (Fsp3) is 0.667. The number of fused-ring (bicyclic) bond motifs is 1. The van der Waals surface area contributed by atoms with Crippen LogP contribution >= 0.6 is 11.3 Å². The van der Waals surface area contributed by atoms with E-state index in [1.165, 1.54) is 28.2 Å². The first-order chi connectivity index (χ1) is 9.69. The van der Waals surface area contributed by atoms with Crippen molar-refractivity contribution < 1.29 is 15.0 Å². The van der Waals surface area contributed by atoms with Crippen molar-refractivity contribution in [3.8, 4) is 0 Å². The zero-order valence-corrected chi connectivity index (χ0v) is 12.8. The minimum atomic E-state index is -0.0747. The van der Waals surface area contributed by atoms with Crippen LogP contribution in [-0.2, 0) is 12.8 Å². The van der Waals surface area contributed by atoms with Gasteiger partial charge in [0.05, 0.1) is 18.1 Å². The number of aliphatic hydroxyl groups is 2. The Morgan fingerprint density at radius 1 is 1.40 bits per heavy atom. The van der Waals surface area contributed by atoms with Gasteiger partial charge in [0.2, 0.25) is 0 Å². The molecule has 2 N–H and O–H groups in total. The van der Waals surface area contributed by atoms with E-state index in [4.69, 9.17) is 10.2 Å². The molecule has 20 heavy (non-hydrogen) atoms. The standard InChI is InChI=1S/C15H23NO3S/c1-2-11-3-4-13-12(9-11)10-14(20-13)15(19)16(5-7-17)6-8-18/h10-11,17-18H,2-9H2,1H3. The molecule has 0 saturated carbocycles. The number of carbonyl (C=O) groups excluding carboxylic acids is 1. The van der Waals surface area contributed by atoms with Gasteiger partial charge in [-0.3, -0.25) is 4.79 Å². The summed E-state index contributed by atoms with van der Waals surface area (Å²) < 4.78 is 0. The molecule has 0 fully saturated rings. The number of carbonyl (C=O) groups is 1. The second-order valence-electron chi connectivity index (χ2n) is 5.32. The monoisotopic (exact) mass is 297 g/mol. The van der Waals surface area contributed by atoms with Crippen molar-refractivity contribution in [2.75, 3.05) is 26.3 Å². The third-order valence-electron chi connectivity index (χ3n) is 4.00. The van der Waals surface area contributed by atoms with E-state index in [9.17, 15) is 4.79 Å². The molecule has 1 amide bonds. The summed E-state index contributed by atoms with van der Waals surface area (Å²) in [7, 11) is 0. The Kier molecular flexibility index (Phi) is 5.57. The Bertz CT molecular complexity index is 452. The van der Waals surface area contributed by atoms with E-state index in [2.05, 4.69) is 6.92 Å². The number of hydrogen-bond acceptors (Lipinski definition) is 4. The molecule has 2 rings (SSSR count). The third-order valence-corrected chi connectivity index (χ3v) is 5.23. The molecule has 5 heteroatoms. The van der Waals surface area contributed by atoms with Crippen molar-refractivity contribution in [2.45, 2.75) is 32.6 Å². The van der Waals surface area contributed by atoms with Gasteiger partial charge in [0.1, 0.15) is 0 Å². The SMILES string of the molecule is CCC1CCc2sc(C(=O)N(CCO)CCO)cc2C1. The molecule has 1 unspecified atom stereocenters. The van der Waals surface area contributed by atoms with Gasteiger partial charge in [0.25, 0.3) is 5.91 Å². The number of rotatable bonds is 6. The first-order valence-electron chi connectivity index (χ1n) is 7.32. The van der Waals surface area contributed by atoms with E-state index in [0.717, 1.165) is 23.6 Å². The summed E-state index contributed by atoms with van der Waals surface area (Å²) >= 11 is 1.58. The molecular weight excluding hydrogens is 274 g/mol. The van der Waals surface area contributed by atoms with Gasteiger partial charge in [0, 0.05) is 18.0 Å². The van der Waals surface area contributed by atoms with Crippen LogP contribution in [-0.4, -0.2) is 47.3 Å². The lowest BCUT2D eigenvalue weighted by Crippen LogP contribution is -2.35. The Morgan fingerprint density at radius 3 is 2.70 bits per heavy atom. The van der Waals surface area contributed by atoms with Crippen molar-refractivity contribution in [3.05, 3.63) is 21.4 Å². The molecule has 0 radical (unpaired) electrons. The summed E-state index contributed by atoms with van der Waals surface area (Å²) in [5, 5.41) is 18.0. The van der Waals surface area contributed by atoms with Crippen LogP contribution in [0, 0.1) is 5.92 Å². The molecule has 112 valence electrons. The minimum absolute atomic E-state index is 0.0689. The van der Waals surface area contributed by atoms with Gasteiger partial charge in [-0.05, 0) is 36.8 Å². The molecule has 1 aliphatic rings. The molecule has 4 nitrogen and oxygen atoms in total. The largest absolute Gasteiger partial charge is 0.395 e. The second-order valence-corrected chi connectivity index (χ2v) is 6.45. The summed E-state index contributed by atoms with van der Waals surface area (Å²) in [6, 6.07) is 2.02. The predicted molar refractivity (Wildman–Crippen MR) is 80.2 cm³/mol. The zero-order valence-electron chi connectivity index (χ0n) is 12.0.